The number of fused-ring (bicyclic) bond motifs is 1. The van der Waals surface area contributed by atoms with Gasteiger partial charge < -0.3 is 4.74 Å². The fourth-order valence-electron chi connectivity index (χ4n) is 3.18. The van der Waals surface area contributed by atoms with Crippen molar-refractivity contribution in [3.63, 3.8) is 0 Å². The van der Waals surface area contributed by atoms with E-state index in [-0.39, 0.29) is 5.82 Å². The summed E-state index contributed by atoms with van der Waals surface area (Å²) in [6.07, 6.45) is 6.90. The zero-order valence-electron chi connectivity index (χ0n) is 14.9. The van der Waals surface area contributed by atoms with Crippen molar-refractivity contribution in [1.82, 2.24) is 0 Å². The van der Waals surface area contributed by atoms with Crippen molar-refractivity contribution in [2.24, 2.45) is 4.99 Å². The van der Waals surface area contributed by atoms with Crippen LogP contribution in [0.3, 0.4) is 0 Å². The van der Waals surface area contributed by atoms with Crippen molar-refractivity contribution in [2.45, 2.75) is 45.4 Å². The van der Waals surface area contributed by atoms with Gasteiger partial charge in [-0.25, -0.2) is 4.39 Å². The van der Waals surface area contributed by atoms with Crippen LogP contribution in [0, 0.1) is 5.82 Å². The van der Waals surface area contributed by atoms with Gasteiger partial charge in [0.15, 0.2) is 0 Å². The predicted molar refractivity (Wildman–Crippen MR) is 102 cm³/mol. The van der Waals surface area contributed by atoms with Crippen LogP contribution in [0.15, 0.2) is 47.5 Å². The van der Waals surface area contributed by atoms with Gasteiger partial charge in [0.1, 0.15) is 11.6 Å². The Morgan fingerprint density at radius 1 is 1.00 bits per heavy atom. The lowest BCUT2D eigenvalue weighted by atomic mass is 9.99. The number of unbranched alkanes of at least 4 members (excludes halogenated alkanes) is 3. The topological polar surface area (TPSA) is 21.6 Å². The van der Waals surface area contributed by atoms with Gasteiger partial charge in [-0.2, -0.15) is 0 Å². The third-order valence-corrected chi connectivity index (χ3v) is 4.60. The average Bonchev–Trinajstić information content (AvgIpc) is 2.84. The summed E-state index contributed by atoms with van der Waals surface area (Å²) >= 11 is 0. The van der Waals surface area contributed by atoms with E-state index in [0.717, 1.165) is 54.0 Å². The molecule has 1 aliphatic rings. The molecular weight excluding hydrogens is 313 g/mol. The van der Waals surface area contributed by atoms with Crippen molar-refractivity contribution >= 4 is 5.71 Å². The van der Waals surface area contributed by atoms with Crippen molar-refractivity contribution in [3.05, 3.63) is 53.8 Å². The Morgan fingerprint density at radius 2 is 1.80 bits per heavy atom. The number of benzene rings is 2. The molecule has 0 aromatic heterocycles. The highest BCUT2D eigenvalue weighted by molar-refractivity contribution is 6.03. The number of ether oxygens (including phenoxy) is 1. The molecule has 0 bridgehead atoms. The normalized spacial score (nSPS) is 15.5. The molecule has 3 heteroatoms. The van der Waals surface area contributed by atoms with E-state index in [0.29, 0.717) is 6.61 Å². The van der Waals surface area contributed by atoms with Crippen LogP contribution >= 0.6 is 0 Å². The van der Waals surface area contributed by atoms with Crippen LogP contribution in [0.25, 0.3) is 11.1 Å². The van der Waals surface area contributed by atoms with Gasteiger partial charge in [-0.05, 0) is 54.7 Å². The van der Waals surface area contributed by atoms with Crippen LogP contribution in [-0.2, 0) is 0 Å². The zero-order valence-corrected chi connectivity index (χ0v) is 14.9. The number of hydrogen-bond donors (Lipinski definition) is 0. The highest BCUT2D eigenvalue weighted by atomic mass is 19.1. The maximum Gasteiger partial charge on any atom is 0.128 e. The summed E-state index contributed by atoms with van der Waals surface area (Å²) in [6.45, 7) is 3.84. The van der Waals surface area contributed by atoms with E-state index in [4.69, 9.17) is 9.73 Å². The molecule has 0 saturated carbocycles. The average molecular weight is 339 g/mol. The molecule has 0 saturated heterocycles. The monoisotopic (exact) mass is 339 g/mol. The Balaban J connectivity index is 1.81. The SMILES string of the molecule is CCCCCCN=C1CCCOc2cc(-c3ccc(F)cc3)ccc21. The van der Waals surface area contributed by atoms with Crippen molar-refractivity contribution in [3.8, 4) is 16.9 Å². The van der Waals surface area contributed by atoms with Crippen LogP contribution in [0.5, 0.6) is 5.75 Å². The van der Waals surface area contributed by atoms with E-state index < -0.39 is 0 Å². The quantitative estimate of drug-likeness (QED) is 0.588. The van der Waals surface area contributed by atoms with Crippen molar-refractivity contribution in [2.75, 3.05) is 13.2 Å². The Bertz CT molecular complexity index is 721. The molecule has 132 valence electrons. The van der Waals surface area contributed by atoms with E-state index in [1.165, 1.54) is 31.4 Å². The summed E-state index contributed by atoms with van der Waals surface area (Å²) in [7, 11) is 0. The van der Waals surface area contributed by atoms with Gasteiger partial charge in [0.05, 0.1) is 6.61 Å². The lowest BCUT2D eigenvalue weighted by molar-refractivity contribution is 0.318. The Morgan fingerprint density at radius 3 is 2.60 bits per heavy atom. The van der Waals surface area contributed by atoms with E-state index in [1.54, 1.807) is 12.1 Å². The standard InChI is InChI=1S/C22H26FNO/c1-2-3-4-5-14-24-21-7-6-15-25-22-16-18(10-13-20(21)22)17-8-11-19(23)12-9-17/h8-13,16H,2-7,14-15H2,1H3. The van der Waals surface area contributed by atoms with Crippen molar-refractivity contribution < 1.29 is 9.13 Å². The zero-order chi connectivity index (χ0) is 17.5. The summed E-state index contributed by atoms with van der Waals surface area (Å²) in [4.78, 5) is 4.86. The first-order valence-electron chi connectivity index (χ1n) is 9.34. The molecule has 1 heterocycles. The smallest absolute Gasteiger partial charge is 0.128 e. The molecule has 1 aliphatic heterocycles. The minimum atomic E-state index is -0.216. The second-order valence-electron chi connectivity index (χ2n) is 6.56. The minimum Gasteiger partial charge on any atom is -0.493 e. The molecule has 0 atom stereocenters. The summed E-state index contributed by atoms with van der Waals surface area (Å²) < 4.78 is 19.1. The van der Waals surface area contributed by atoms with Crippen LogP contribution in [0.4, 0.5) is 4.39 Å². The maximum absolute atomic E-state index is 13.1. The molecular formula is C22H26FNO. The first kappa shape index (κ1) is 17.7. The lowest BCUT2D eigenvalue weighted by Gasteiger charge is -2.11. The molecule has 25 heavy (non-hydrogen) atoms. The van der Waals surface area contributed by atoms with Gasteiger partial charge in [-0.15, -0.1) is 0 Å². The molecule has 3 rings (SSSR count). The highest BCUT2D eigenvalue weighted by Gasteiger charge is 2.16. The van der Waals surface area contributed by atoms with Crippen LogP contribution in [0.2, 0.25) is 0 Å². The molecule has 2 aromatic carbocycles. The fraction of sp³-hybridized carbons (Fsp3) is 0.409. The second-order valence-corrected chi connectivity index (χ2v) is 6.56. The highest BCUT2D eigenvalue weighted by Crippen LogP contribution is 2.31. The van der Waals surface area contributed by atoms with Crippen LogP contribution in [-0.4, -0.2) is 18.9 Å². The third-order valence-electron chi connectivity index (χ3n) is 4.60. The molecule has 0 fully saturated rings. The van der Waals surface area contributed by atoms with E-state index in [2.05, 4.69) is 25.1 Å². The third kappa shape index (κ3) is 4.68. The molecule has 2 aromatic rings. The van der Waals surface area contributed by atoms with E-state index in [1.807, 2.05) is 0 Å². The van der Waals surface area contributed by atoms with Gasteiger partial charge >= 0.3 is 0 Å². The van der Waals surface area contributed by atoms with Gasteiger partial charge in [-0.1, -0.05) is 44.4 Å². The number of nitrogens with zero attached hydrogens (tertiary/aromatic N) is 1. The van der Waals surface area contributed by atoms with Crippen LogP contribution < -0.4 is 4.74 Å². The molecule has 0 radical (unpaired) electrons. The summed E-state index contributed by atoms with van der Waals surface area (Å²) in [6, 6.07) is 12.8. The summed E-state index contributed by atoms with van der Waals surface area (Å²) in [5, 5.41) is 0. The number of rotatable bonds is 6. The largest absolute Gasteiger partial charge is 0.493 e. The van der Waals surface area contributed by atoms with Gasteiger partial charge in [0, 0.05) is 17.8 Å². The molecule has 0 unspecified atom stereocenters. The maximum atomic E-state index is 13.1. The number of halogens is 1. The number of hydrogen-bond acceptors (Lipinski definition) is 2. The summed E-state index contributed by atoms with van der Waals surface area (Å²) in [5.74, 6) is 0.680. The molecule has 2 nitrogen and oxygen atoms in total. The molecule has 0 aliphatic carbocycles. The Hall–Kier alpha value is -2.16. The van der Waals surface area contributed by atoms with Crippen molar-refractivity contribution in [1.29, 1.82) is 0 Å². The molecule has 0 amide bonds. The number of aliphatic imine (C=N–C) groups is 1. The minimum absolute atomic E-state index is 0.216. The Kier molecular flexibility index (Phi) is 6.21. The second kappa shape index (κ2) is 8.80. The van der Waals surface area contributed by atoms with Gasteiger partial charge in [-0.3, -0.25) is 4.99 Å². The Labute approximate surface area is 149 Å². The first-order valence-corrected chi connectivity index (χ1v) is 9.34. The van der Waals surface area contributed by atoms with Gasteiger partial charge in [0.25, 0.3) is 0 Å². The van der Waals surface area contributed by atoms with Crippen LogP contribution in [0.1, 0.15) is 51.0 Å². The van der Waals surface area contributed by atoms with E-state index in [9.17, 15) is 4.39 Å². The molecule has 0 spiro atoms. The molecule has 0 N–H and O–H groups in total. The van der Waals surface area contributed by atoms with E-state index >= 15 is 0 Å². The predicted octanol–water partition coefficient (Wildman–Crippen LogP) is 6.03. The summed E-state index contributed by atoms with van der Waals surface area (Å²) in [5.41, 5.74) is 4.31. The first-order chi connectivity index (χ1) is 12.3. The fourth-order valence-corrected chi connectivity index (χ4v) is 3.18. The van der Waals surface area contributed by atoms with Gasteiger partial charge in [0.2, 0.25) is 0 Å². The lowest BCUT2D eigenvalue weighted by Crippen LogP contribution is -2.02.